The number of carbonyl (C=O) groups excluding carboxylic acids is 2. The van der Waals surface area contributed by atoms with E-state index in [4.69, 9.17) is 9.47 Å². The van der Waals surface area contributed by atoms with Crippen molar-refractivity contribution in [1.82, 2.24) is 9.88 Å². The fraction of sp³-hybridized carbons (Fsp3) is 0.235. The van der Waals surface area contributed by atoms with Gasteiger partial charge in [0, 0.05) is 30.6 Å². The number of benzene rings is 1. The second-order valence-corrected chi connectivity index (χ2v) is 5.26. The third kappa shape index (κ3) is 2.88. The van der Waals surface area contributed by atoms with Gasteiger partial charge in [0.25, 0.3) is 5.91 Å². The topological polar surface area (TPSA) is 68.7 Å². The zero-order valence-electron chi connectivity index (χ0n) is 12.9. The van der Waals surface area contributed by atoms with Crippen LogP contribution < -0.4 is 9.47 Å². The molecule has 23 heavy (non-hydrogen) atoms. The molecule has 0 bridgehead atoms. The molecule has 118 valence electrons. The number of Topliss-reactive ketones (excluding diaryl/α,β-unsaturated/α-hetero) is 1. The number of ether oxygens (including phenoxy) is 2. The summed E-state index contributed by atoms with van der Waals surface area (Å²) in [5, 5.41) is 0. The van der Waals surface area contributed by atoms with Crippen molar-refractivity contribution in [2.45, 2.75) is 13.0 Å². The third-order valence-corrected chi connectivity index (χ3v) is 3.87. The minimum atomic E-state index is -0.601. The zero-order chi connectivity index (χ0) is 16.4. The van der Waals surface area contributed by atoms with E-state index in [0.717, 1.165) is 0 Å². The number of aromatic nitrogens is 1. The Labute approximate surface area is 133 Å². The fourth-order valence-electron chi connectivity index (χ4n) is 2.34. The van der Waals surface area contributed by atoms with Gasteiger partial charge in [0.1, 0.15) is 0 Å². The van der Waals surface area contributed by atoms with Crippen molar-refractivity contribution >= 4 is 11.7 Å². The zero-order valence-corrected chi connectivity index (χ0v) is 12.9. The van der Waals surface area contributed by atoms with Gasteiger partial charge in [0.2, 0.25) is 6.79 Å². The van der Waals surface area contributed by atoms with E-state index in [0.29, 0.717) is 22.6 Å². The first kappa shape index (κ1) is 15.0. The number of ketones is 1. The molecule has 0 spiro atoms. The smallest absolute Gasteiger partial charge is 0.254 e. The first-order chi connectivity index (χ1) is 11.1. The number of amides is 1. The van der Waals surface area contributed by atoms with Crippen molar-refractivity contribution < 1.29 is 19.1 Å². The molecule has 1 atom stereocenters. The van der Waals surface area contributed by atoms with Crippen LogP contribution in [-0.4, -0.2) is 41.5 Å². The van der Waals surface area contributed by atoms with Crippen LogP contribution in [0.3, 0.4) is 0 Å². The quantitative estimate of drug-likeness (QED) is 0.809. The lowest BCUT2D eigenvalue weighted by molar-refractivity contribution is 0.0675. The summed E-state index contributed by atoms with van der Waals surface area (Å²) < 4.78 is 10.5. The summed E-state index contributed by atoms with van der Waals surface area (Å²) in [4.78, 5) is 30.3. The molecule has 6 nitrogen and oxygen atoms in total. The number of fused-ring (bicyclic) bond motifs is 1. The van der Waals surface area contributed by atoms with Crippen LogP contribution in [0, 0.1) is 0 Å². The van der Waals surface area contributed by atoms with Crippen molar-refractivity contribution in [3.8, 4) is 11.5 Å². The Bertz CT molecular complexity index is 746. The number of carbonyl (C=O) groups is 2. The van der Waals surface area contributed by atoms with Crippen LogP contribution in [0.15, 0.2) is 42.7 Å². The monoisotopic (exact) mass is 312 g/mol. The number of nitrogens with zero attached hydrogens (tertiary/aromatic N) is 2. The average molecular weight is 312 g/mol. The minimum Gasteiger partial charge on any atom is -0.454 e. The maximum absolute atomic E-state index is 12.6. The molecule has 0 saturated carbocycles. The van der Waals surface area contributed by atoms with Crippen LogP contribution in [0.2, 0.25) is 0 Å². The second kappa shape index (κ2) is 6.08. The largest absolute Gasteiger partial charge is 0.454 e. The minimum absolute atomic E-state index is 0.156. The summed E-state index contributed by atoms with van der Waals surface area (Å²) in [6.45, 7) is 1.86. The number of rotatable bonds is 4. The normalized spacial score (nSPS) is 13.5. The predicted molar refractivity (Wildman–Crippen MR) is 82.7 cm³/mol. The lowest BCUT2D eigenvalue weighted by Crippen LogP contribution is -2.40. The van der Waals surface area contributed by atoms with Crippen molar-refractivity contribution in [2.24, 2.45) is 0 Å². The first-order valence-electron chi connectivity index (χ1n) is 7.19. The summed E-state index contributed by atoms with van der Waals surface area (Å²) in [6, 6.07) is 7.67. The Balaban J connectivity index is 1.78. The van der Waals surface area contributed by atoms with Gasteiger partial charge in [-0.3, -0.25) is 14.6 Å². The van der Waals surface area contributed by atoms with E-state index in [9.17, 15) is 9.59 Å². The van der Waals surface area contributed by atoms with Gasteiger partial charge in [-0.1, -0.05) is 0 Å². The summed E-state index contributed by atoms with van der Waals surface area (Å²) in [6.07, 6.45) is 3.09. The second-order valence-electron chi connectivity index (χ2n) is 5.26. The van der Waals surface area contributed by atoms with E-state index < -0.39 is 6.04 Å². The Morgan fingerprint density at radius 3 is 2.52 bits per heavy atom. The van der Waals surface area contributed by atoms with Gasteiger partial charge in [-0.2, -0.15) is 0 Å². The van der Waals surface area contributed by atoms with Gasteiger partial charge < -0.3 is 14.4 Å². The fourth-order valence-corrected chi connectivity index (χ4v) is 2.34. The van der Waals surface area contributed by atoms with Crippen LogP contribution in [0.25, 0.3) is 0 Å². The molecule has 2 heterocycles. The van der Waals surface area contributed by atoms with Gasteiger partial charge in [-0.15, -0.1) is 0 Å². The van der Waals surface area contributed by atoms with Crippen LogP contribution in [0.4, 0.5) is 0 Å². The molecule has 1 aliphatic heterocycles. The van der Waals surface area contributed by atoms with Crippen LogP contribution >= 0.6 is 0 Å². The molecule has 2 aromatic rings. The molecule has 1 aromatic carbocycles. The third-order valence-electron chi connectivity index (χ3n) is 3.87. The molecule has 0 fully saturated rings. The Hall–Kier alpha value is -2.89. The summed E-state index contributed by atoms with van der Waals surface area (Å²) in [7, 11) is 1.61. The molecule has 3 rings (SSSR count). The Morgan fingerprint density at radius 2 is 1.78 bits per heavy atom. The van der Waals surface area contributed by atoms with E-state index in [1.165, 1.54) is 4.90 Å². The van der Waals surface area contributed by atoms with Crippen molar-refractivity contribution in [3.05, 3.63) is 53.9 Å². The number of hydrogen-bond donors (Lipinski definition) is 0. The molecule has 0 aliphatic carbocycles. The molecule has 0 unspecified atom stereocenters. The predicted octanol–water partition coefficient (Wildman–Crippen LogP) is 2.15. The molecule has 6 heteroatoms. The lowest BCUT2D eigenvalue weighted by Gasteiger charge is -2.24. The van der Waals surface area contributed by atoms with Crippen molar-refractivity contribution in [2.75, 3.05) is 13.8 Å². The van der Waals surface area contributed by atoms with Gasteiger partial charge in [-0.25, -0.2) is 0 Å². The van der Waals surface area contributed by atoms with Gasteiger partial charge in [0.15, 0.2) is 17.3 Å². The highest BCUT2D eigenvalue weighted by Gasteiger charge is 2.26. The van der Waals surface area contributed by atoms with Crippen LogP contribution in [-0.2, 0) is 0 Å². The maximum atomic E-state index is 12.6. The lowest BCUT2D eigenvalue weighted by atomic mass is 10.0. The van der Waals surface area contributed by atoms with Gasteiger partial charge in [-0.05, 0) is 37.3 Å². The van der Waals surface area contributed by atoms with Gasteiger partial charge >= 0.3 is 0 Å². The standard InChI is InChI=1S/C17H16N2O4/c1-11(19(2)17(21)12-5-7-18-8-6-12)16(20)13-3-4-14-15(9-13)23-10-22-14/h3-9,11H,10H2,1-2H3/t11-/m0/s1. The summed E-state index contributed by atoms with van der Waals surface area (Å²) >= 11 is 0. The summed E-state index contributed by atoms with van der Waals surface area (Å²) in [5.74, 6) is 0.781. The van der Waals surface area contributed by atoms with Crippen LogP contribution in [0.5, 0.6) is 11.5 Å². The van der Waals surface area contributed by atoms with E-state index in [1.807, 2.05) is 0 Å². The maximum Gasteiger partial charge on any atom is 0.254 e. The Kier molecular flexibility index (Phi) is 3.97. The van der Waals surface area contributed by atoms with Crippen molar-refractivity contribution in [3.63, 3.8) is 0 Å². The van der Waals surface area contributed by atoms with E-state index in [2.05, 4.69) is 4.98 Å². The number of pyridine rings is 1. The molecule has 0 radical (unpaired) electrons. The average Bonchev–Trinajstić information content (AvgIpc) is 3.07. The van der Waals surface area contributed by atoms with E-state index in [-0.39, 0.29) is 18.5 Å². The molecular formula is C17H16N2O4. The van der Waals surface area contributed by atoms with Crippen molar-refractivity contribution in [1.29, 1.82) is 0 Å². The Morgan fingerprint density at radius 1 is 1.09 bits per heavy atom. The molecule has 1 aromatic heterocycles. The highest BCUT2D eigenvalue weighted by atomic mass is 16.7. The van der Waals surface area contributed by atoms with E-state index >= 15 is 0 Å². The van der Waals surface area contributed by atoms with E-state index in [1.54, 1.807) is 56.7 Å². The molecule has 1 amide bonds. The first-order valence-corrected chi connectivity index (χ1v) is 7.19. The summed E-state index contributed by atoms with van der Waals surface area (Å²) in [5.41, 5.74) is 0.976. The molecule has 0 N–H and O–H groups in total. The number of likely N-dealkylation sites (N-methyl/N-ethyl adjacent to an activating group) is 1. The highest BCUT2D eigenvalue weighted by molar-refractivity contribution is 6.04. The number of hydrogen-bond acceptors (Lipinski definition) is 5. The SMILES string of the molecule is C[C@@H](C(=O)c1ccc2c(c1)OCO2)N(C)C(=O)c1ccncc1. The highest BCUT2D eigenvalue weighted by Crippen LogP contribution is 2.33. The molecule has 1 aliphatic rings. The molecule has 0 saturated heterocycles. The van der Waals surface area contributed by atoms with Crippen LogP contribution in [0.1, 0.15) is 27.6 Å². The van der Waals surface area contributed by atoms with Gasteiger partial charge in [0.05, 0.1) is 6.04 Å². The molecular weight excluding hydrogens is 296 g/mol.